The fraction of sp³-hybridized carbons (Fsp3) is 0.857. The van der Waals surface area contributed by atoms with Crippen LogP contribution in [0.15, 0.2) is 60.8 Å². The first kappa shape index (κ1) is 84.2. The molecule has 3 atom stereocenters. The Kier molecular flexibility index (Phi) is 66.2. The average molecular weight is 1230 g/mol. The molecule has 0 saturated carbocycles. The zero-order valence-electron chi connectivity index (χ0n) is 58.1. The van der Waals surface area contributed by atoms with Gasteiger partial charge in [-0.1, -0.05) is 370 Å². The molecule has 9 heteroatoms. The molecule has 506 valence electrons. The van der Waals surface area contributed by atoms with Gasteiger partial charge in [-0.15, -0.1) is 0 Å². The Morgan fingerprint density at radius 3 is 1.02 bits per heavy atom. The highest BCUT2D eigenvalue weighted by Gasteiger charge is 2.28. The molecule has 0 spiro atoms. The molecule has 0 radical (unpaired) electrons. The summed E-state index contributed by atoms with van der Waals surface area (Å²) in [6.45, 7) is 4.76. The van der Waals surface area contributed by atoms with E-state index in [1.54, 1.807) is 6.08 Å². The molecule has 3 unspecified atom stereocenters. The van der Waals surface area contributed by atoms with Crippen molar-refractivity contribution in [1.29, 1.82) is 0 Å². The minimum Gasteiger partial charge on any atom is -0.387 e. The van der Waals surface area contributed by atoms with E-state index >= 15 is 0 Å². The summed E-state index contributed by atoms with van der Waals surface area (Å²) in [7, 11) is 1.59. The second-order valence-corrected chi connectivity index (χ2v) is 28.5. The third-order valence-electron chi connectivity index (χ3n) is 17.2. The second-order valence-electron chi connectivity index (χ2n) is 27.0. The van der Waals surface area contributed by atoms with Crippen LogP contribution in [0.25, 0.3) is 0 Å². The number of phosphoric ester groups is 1. The minimum absolute atomic E-state index is 0.0634. The molecule has 86 heavy (non-hydrogen) atoms. The topological polar surface area (TPSA) is 105 Å². The van der Waals surface area contributed by atoms with Crippen LogP contribution in [0, 0.1) is 0 Å². The molecular formula is C77H148N2O6P+. The van der Waals surface area contributed by atoms with Crippen LogP contribution in [-0.4, -0.2) is 73.4 Å². The van der Waals surface area contributed by atoms with Crippen molar-refractivity contribution < 1.29 is 32.9 Å². The van der Waals surface area contributed by atoms with Crippen molar-refractivity contribution in [2.24, 2.45) is 0 Å². The maximum Gasteiger partial charge on any atom is 0.472 e. The van der Waals surface area contributed by atoms with Crippen molar-refractivity contribution in [1.82, 2.24) is 5.32 Å². The van der Waals surface area contributed by atoms with Gasteiger partial charge in [-0.25, -0.2) is 4.57 Å². The number of carbonyl (C=O) groups excluding carboxylic acids is 1. The molecule has 0 fully saturated rings. The molecular weight excluding hydrogens is 1080 g/mol. The molecule has 0 aromatic rings. The summed E-state index contributed by atoms with van der Waals surface area (Å²) in [5, 5.41) is 14.0. The van der Waals surface area contributed by atoms with E-state index in [0.717, 1.165) is 57.8 Å². The molecule has 3 N–H and O–H groups in total. The molecule has 1 amide bonds. The Labute approximate surface area is 536 Å². The number of unbranched alkanes of at least 4 members (excludes halogenated alkanes) is 49. The van der Waals surface area contributed by atoms with Crippen LogP contribution in [0.3, 0.4) is 0 Å². The summed E-state index contributed by atoms with van der Waals surface area (Å²) in [4.78, 5) is 23.4. The Balaban J connectivity index is 3.91. The first-order chi connectivity index (χ1) is 42.0. The van der Waals surface area contributed by atoms with Crippen molar-refractivity contribution in [2.75, 3.05) is 40.9 Å². The van der Waals surface area contributed by atoms with Gasteiger partial charge in [0.15, 0.2) is 0 Å². The highest BCUT2D eigenvalue weighted by molar-refractivity contribution is 7.47. The molecule has 8 nitrogen and oxygen atoms in total. The van der Waals surface area contributed by atoms with E-state index in [9.17, 15) is 19.4 Å². The number of likely N-dealkylation sites (N-methyl/N-ethyl adjacent to an activating group) is 1. The number of hydrogen-bond donors (Lipinski definition) is 3. The van der Waals surface area contributed by atoms with Crippen LogP contribution >= 0.6 is 7.82 Å². The number of hydrogen-bond acceptors (Lipinski definition) is 5. The molecule has 0 bridgehead atoms. The van der Waals surface area contributed by atoms with E-state index in [2.05, 4.69) is 67.8 Å². The lowest BCUT2D eigenvalue weighted by Crippen LogP contribution is -2.45. The van der Waals surface area contributed by atoms with Gasteiger partial charge >= 0.3 is 7.82 Å². The van der Waals surface area contributed by atoms with Crippen molar-refractivity contribution in [2.45, 2.75) is 386 Å². The van der Waals surface area contributed by atoms with Gasteiger partial charge in [0.05, 0.1) is 39.9 Å². The largest absolute Gasteiger partial charge is 0.472 e. The number of carbonyl (C=O) groups is 1. The fourth-order valence-electron chi connectivity index (χ4n) is 11.5. The zero-order chi connectivity index (χ0) is 62.6. The number of quaternary nitrogens is 1. The fourth-order valence-corrected chi connectivity index (χ4v) is 12.2. The van der Waals surface area contributed by atoms with Gasteiger partial charge in [-0.3, -0.25) is 13.8 Å². The lowest BCUT2D eigenvalue weighted by molar-refractivity contribution is -0.870. The average Bonchev–Trinajstić information content (AvgIpc) is 3.70. The Bertz CT molecular complexity index is 1590. The van der Waals surface area contributed by atoms with Crippen molar-refractivity contribution in [3.8, 4) is 0 Å². The first-order valence-electron chi connectivity index (χ1n) is 37.7. The monoisotopic (exact) mass is 1230 g/mol. The van der Waals surface area contributed by atoms with Crippen molar-refractivity contribution in [3.63, 3.8) is 0 Å². The quantitative estimate of drug-likeness (QED) is 0.0243. The molecule has 0 aliphatic rings. The smallest absolute Gasteiger partial charge is 0.387 e. The molecule has 0 aromatic heterocycles. The van der Waals surface area contributed by atoms with Crippen LogP contribution < -0.4 is 5.32 Å². The summed E-state index contributed by atoms with van der Waals surface area (Å²) in [6, 6.07) is -0.847. The normalized spacial score (nSPS) is 13.9. The number of amides is 1. The lowest BCUT2D eigenvalue weighted by Gasteiger charge is -2.25. The summed E-state index contributed by atoms with van der Waals surface area (Å²) in [5.74, 6) is -0.169. The van der Waals surface area contributed by atoms with Crippen LogP contribution in [0.1, 0.15) is 373 Å². The van der Waals surface area contributed by atoms with Gasteiger partial charge < -0.3 is 19.8 Å². The summed E-state index contributed by atoms with van der Waals surface area (Å²) in [6.07, 6.45) is 94.0. The van der Waals surface area contributed by atoms with E-state index in [-0.39, 0.29) is 19.1 Å². The summed E-state index contributed by atoms with van der Waals surface area (Å²) < 4.78 is 23.8. The number of phosphoric acid groups is 1. The van der Waals surface area contributed by atoms with Gasteiger partial charge in [0.1, 0.15) is 13.2 Å². The Hall–Kier alpha value is -1.80. The van der Waals surface area contributed by atoms with E-state index < -0.39 is 20.0 Å². The number of aliphatic hydroxyl groups is 1. The van der Waals surface area contributed by atoms with E-state index in [1.165, 1.54) is 295 Å². The van der Waals surface area contributed by atoms with Crippen LogP contribution in [0.2, 0.25) is 0 Å². The molecule has 0 saturated heterocycles. The van der Waals surface area contributed by atoms with Crippen LogP contribution in [-0.2, 0) is 18.4 Å². The van der Waals surface area contributed by atoms with E-state index in [1.807, 2.05) is 27.2 Å². The van der Waals surface area contributed by atoms with Crippen molar-refractivity contribution in [3.05, 3.63) is 60.8 Å². The second kappa shape index (κ2) is 67.6. The predicted octanol–water partition coefficient (Wildman–Crippen LogP) is 24.3. The number of aliphatic hydroxyl groups excluding tert-OH is 1. The number of allylic oxidation sites excluding steroid dienone is 9. The van der Waals surface area contributed by atoms with Crippen LogP contribution in [0.5, 0.6) is 0 Å². The van der Waals surface area contributed by atoms with Gasteiger partial charge in [-0.05, 0) is 57.8 Å². The summed E-state index contributed by atoms with van der Waals surface area (Å²) >= 11 is 0. The summed E-state index contributed by atoms with van der Waals surface area (Å²) in [5.41, 5.74) is 0. The predicted molar refractivity (Wildman–Crippen MR) is 378 cm³/mol. The SMILES string of the molecule is CC/C=C\C/C=C\C/C=C\C/C=C\CCCCCCCCCCCCCCCCCCCCCCCCCCCCCCC(=O)NC(COP(=O)(O)OCC[N+](C)(C)C)C(O)/C=C/CCCCCCCCCCCCCCCCCCCCCCC. The highest BCUT2D eigenvalue weighted by atomic mass is 31.2. The van der Waals surface area contributed by atoms with Crippen LogP contribution in [0.4, 0.5) is 0 Å². The standard InChI is InChI=1S/C77H147N2O6P/c1-6-8-10-12-14-16-18-20-22-24-26-28-30-31-32-33-34-35-36-37-38-39-40-41-42-43-44-45-46-47-49-51-53-55-57-59-61-63-65-67-69-71-77(81)78-75(74-85-86(82,83)84-73-72-79(3,4)5)76(80)70-68-66-64-62-60-58-56-54-52-50-48-29-27-25-23-21-19-17-15-13-11-9-7-2/h8,10,14,16,20,22,26,28,68,70,75-76,80H,6-7,9,11-13,15,17-19,21,23-25,27,29-67,69,71-74H2,1-5H3,(H-,78,81,82,83)/p+1/b10-8-,16-14-,22-20-,28-26-,70-68+. The highest BCUT2D eigenvalue weighted by Crippen LogP contribution is 2.43. The maximum absolute atomic E-state index is 13.1. The zero-order valence-corrected chi connectivity index (χ0v) is 59.0. The van der Waals surface area contributed by atoms with Gasteiger partial charge in [0, 0.05) is 6.42 Å². The first-order valence-corrected chi connectivity index (χ1v) is 39.2. The Morgan fingerprint density at radius 1 is 0.407 bits per heavy atom. The van der Waals surface area contributed by atoms with E-state index in [4.69, 9.17) is 9.05 Å². The van der Waals surface area contributed by atoms with Gasteiger partial charge in [-0.2, -0.15) is 0 Å². The lowest BCUT2D eigenvalue weighted by atomic mass is 10.0. The molecule has 0 aliphatic heterocycles. The van der Waals surface area contributed by atoms with Gasteiger partial charge in [0.25, 0.3) is 0 Å². The third-order valence-corrected chi connectivity index (χ3v) is 18.2. The van der Waals surface area contributed by atoms with Gasteiger partial charge in [0.2, 0.25) is 5.91 Å². The number of nitrogens with one attached hydrogen (secondary N) is 1. The minimum atomic E-state index is -4.35. The molecule has 0 aliphatic carbocycles. The maximum atomic E-state index is 13.1. The molecule has 0 aromatic carbocycles. The number of rotatable bonds is 70. The third kappa shape index (κ3) is 69.7. The molecule has 0 heterocycles. The van der Waals surface area contributed by atoms with E-state index in [0.29, 0.717) is 17.4 Å². The number of nitrogens with zero attached hydrogens (tertiary/aromatic N) is 1. The Morgan fingerprint density at radius 2 is 0.698 bits per heavy atom. The van der Waals surface area contributed by atoms with Crippen molar-refractivity contribution >= 4 is 13.7 Å². The molecule has 0 rings (SSSR count).